The van der Waals surface area contributed by atoms with Crippen LogP contribution >= 0.6 is 11.6 Å². The van der Waals surface area contributed by atoms with Gasteiger partial charge in [0.25, 0.3) is 5.56 Å². The van der Waals surface area contributed by atoms with Crippen LogP contribution in [0.5, 0.6) is 0 Å². The van der Waals surface area contributed by atoms with Gasteiger partial charge in [-0.3, -0.25) is 14.4 Å². The lowest BCUT2D eigenvalue weighted by molar-refractivity contribution is -0.151. The maximum absolute atomic E-state index is 13.4. The molecule has 4 saturated carbocycles. The Kier molecular flexibility index (Phi) is 5.23. The fourth-order valence-electron chi connectivity index (χ4n) is 7.03. The van der Waals surface area contributed by atoms with E-state index in [-0.39, 0.29) is 28.3 Å². The van der Waals surface area contributed by atoms with Gasteiger partial charge in [-0.1, -0.05) is 11.6 Å². The van der Waals surface area contributed by atoms with Crippen molar-refractivity contribution in [1.29, 1.82) is 0 Å². The van der Waals surface area contributed by atoms with Crippen LogP contribution in [0.15, 0.2) is 35.3 Å². The average molecular weight is 471 g/mol. The van der Waals surface area contributed by atoms with Gasteiger partial charge in [0.05, 0.1) is 23.8 Å². The number of hydrogen-bond donors (Lipinski definition) is 3. The van der Waals surface area contributed by atoms with Crippen molar-refractivity contribution in [3.63, 3.8) is 0 Å². The number of halogens is 1. The van der Waals surface area contributed by atoms with Crippen molar-refractivity contribution < 1.29 is 14.7 Å². The molecule has 1 aromatic heterocycles. The Bertz CT molecular complexity index is 1160. The van der Waals surface area contributed by atoms with E-state index in [1.165, 1.54) is 6.92 Å². The molecule has 0 radical (unpaired) electrons. The number of aromatic nitrogens is 2. The number of aliphatic carboxylic acids is 1. The maximum atomic E-state index is 13.4. The summed E-state index contributed by atoms with van der Waals surface area (Å²) in [5.74, 6) is -0.0631. The molecule has 9 heteroatoms. The predicted molar refractivity (Wildman–Crippen MR) is 125 cm³/mol. The Morgan fingerprint density at radius 2 is 1.79 bits per heavy atom. The molecule has 174 valence electrons. The molecule has 2 atom stereocenters. The first-order chi connectivity index (χ1) is 15.7. The fourth-order valence-corrected chi connectivity index (χ4v) is 7.21. The Morgan fingerprint density at radius 3 is 2.39 bits per heavy atom. The number of carbonyl (C=O) groups excluding carboxylic acids is 1. The van der Waals surface area contributed by atoms with E-state index in [1.807, 2.05) is 0 Å². The fraction of sp³-hybridized carbons (Fsp3) is 0.500. The van der Waals surface area contributed by atoms with Crippen molar-refractivity contribution in [2.24, 2.45) is 17.3 Å². The van der Waals surface area contributed by atoms with E-state index in [0.29, 0.717) is 35.3 Å². The smallest absolute Gasteiger partial charge is 0.303 e. The minimum Gasteiger partial charge on any atom is -0.481 e. The first kappa shape index (κ1) is 21.9. The Labute approximate surface area is 196 Å². The molecular formula is C24H27ClN4O4. The van der Waals surface area contributed by atoms with Crippen LogP contribution in [0.25, 0.3) is 0 Å². The van der Waals surface area contributed by atoms with Crippen molar-refractivity contribution in [3.8, 4) is 0 Å². The first-order valence-electron chi connectivity index (χ1n) is 11.3. The van der Waals surface area contributed by atoms with E-state index in [1.54, 1.807) is 35.1 Å². The minimum atomic E-state index is -0.769. The number of carboxylic acids is 1. The van der Waals surface area contributed by atoms with E-state index in [0.717, 1.165) is 32.1 Å². The summed E-state index contributed by atoms with van der Waals surface area (Å²) >= 11 is 6.52. The van der Waals surface area contributed by atoms with Gasteiger partial charge in [-0.05, 0) is 80.0 Å². The van der Waals surface area contributed by atoms with Crippen molar-refractivity contribution in [3.05, 3.63) is 45.8 Å². The number of carboxylic acid groups (broad SMARTS) is 1. The highest BCUT2D eigenvalue weighted by atomic mass is 35.5. The van der Waals surface area contributed by atoms with Gasteiger partial charge in [0.15, 0.2) is 0 Å². The number of amides is 1. The highest BCUT2D eigenvalue weighted by molar-refractivity contribution is 6.33. The molecule has 0 aliphatic heterocycles. The third-order valence-corrected chi connectivity index (χ3v) is 7.90. The Morgan fingerprint density at radius 1 is 1.15 bits per heavy atom. The zero-order chi connectivity index (χ0) is 23.4. The monoisotopic (exact) mass is 470 g/mol. The zero-order valence-corrected chi connectivity index (χ0v) is 19.2. The molecule has 4 aliphatic carbocycles. The van der Waals surface area contributed by atoms with Crippen LogP contribution in [0, 0.1) is 17.3 Å². The number of hydrogen-bond acceptors (Lipinski definition) is 5. The lowest BCUT2D eigenvalue weighted by Gasteiger charge is -2.61. The van der Waals surface area contributed by atoms with Crippen molar-refractivity contribution in [2.75, 3.05) is 10.6 Å². The van der Waals surface area contributed by atoms with Crippen LogP contribution in [0.3, 0.4) is 0 Å². The molecule has 0 unspecified atom stereocenters. The lowest BCUT2D eigenvalue weighted by atomic mass is 9.46. The lowest BCUT2D eigenvalue weighted by Crippen LogP contribution is -2.59. The Hall–Kier alpha value is -2.87. The van der Waals surface area contributed by atoms with Crippen molar-refractivity contribution in [2.45, 2.75) is 57.4 Å². The SMILES string of the molecule is CC(=O)Nc1ccc(Nc2cnn(C34C[C@H]5C[C@@H](CC(CC(=O)O)(C5)C3)C4)c(=O)c2Cl)cc1. The second kappa shape index (κ2) is 7.87. The van der Waals surface area contributed by atoms with Crippen LogP contribution in [0.4, 0.5) is 17.1 Å². The highest BCUT2D eigenvalue weighted by Crippen LogP contribution is 2.65. The Balaban J connectivity index is 1.43. The molecule has 1 aromatic carbocycles. The number of rotatable bonds is 6. The van der Waals surface area contributed by atoms with Crippen molar-refractivity contribution >= 4 is 40.5 Å². The standard InChI is InChI=1S/C24H27ClN4O4/c1-14(30)27-17-2-4-18(5-3-17)28-19-12-26-29(22(33)21(19)25)24-9-15-6-16(10-24)8-23(7-15,13-24)11-20(31)32/h2-5,12,15-16,28H,6-11,13H2,1H3,(H,27,30)(H,31,32)/t15-,16-,23?,24?/m0/s1. The zero-order valence-electron chi connectivity index (χ0n) is 18.4. The van der Waals surface area contributed by atoms with Crippen LogP contribution in [-0.4, -0.2) is 26.8 Å². The van der Waals surface area contributed by atoms with Gasteiger partial charge in [0, 0.05) is 18.3 Å². The van der Waals surface area contributed by atoms with Crippen molar-refractivity contribution in [1.82, 2.24) is 9.78 Å². The summed E-state index contributed by atoms with van der Waals surface area (Å²) in [6.45, 7) is 1.44. The molecule has 4 aliphatic rings. The van der Waals surface area contributed by atoms with Gasteiger partial charge in [-0.2, -0.15) is 5.10 Å². The number of nitrogens with one attached hydrogen (secondary N) is 2. The number of anilines is 3. The van der Waals surface area contributed by atoms with Gasteiger partial charge in [-0.25, -0.2) is 4.68 Å². The molecule has 6 rings (SSSR count). The van der Waals surface area contributed by atoms with Crippen LogP contribution in [0.2, 0.25) is 5.02 Å². The van der Waals surface area contributed by atoms with E-state index >= 15 is 0 Å². The first-order valence-corrected chi connectivity index (χ1v) is 11.7. The molecule has 1 heterocycles. The summed E-state index contributed by atoms with van der Waals surface area (Å²) in [6.07, 6.45) is 7.06. The largest absolute Gasteiger partial charge is 0.481 e. The summed E-state index contributed by atoms with van der Waals surface area (Å²) < 4.78 is 1.55. The molecule has 1 amide bonds. The van der Waals surface area contributed by atoms with Crippen LogP contribution < -0.4 is 16.2 Å². The normalized spacial score (nSPS) is 29.6. The topological polar surface area (TPSA) is 113 Å². The van der Waals surface area contributed by atoms with Gasteiger partial charge in [-0.15, -0.1) is 0 Å². The maximum Gasteiger partial charge on any atom is 0.303 e. The summed E-state index contributed by atoms with van der Waals surface area (Å²) in [5, 5.41) is 20.0. The average Bonchev–Trinajstić information content (AvgIpc) is 2.70. The molecular weight excluding hydrogens is 444 g/mol. The van der Waals surface area contributed by atoms with Gasteiger partial charge in [0.2, 0.25) is 5.91 Å². The molecule has 3 N–H and O–H groups in total. The van der Waals surface area contributed by atoms with Gasteiger partial charge in [0.1, 0.15) is 5.02 Å². The quantitative estimate of drug-likeness (QED) is 0.577. The predicted octanol–water partition coefficient (Wildman–Crippen LogP) is 4.37. The second-order valence-corrected chi connectivity index (χ2v) is 10.6. The summed E-state index contributed by atoms with van der Waals surface area (Å²) in [5.41, 5.74) is 0.735. The van der Waals surface area contributed by atoms with E-state index in [4.69, 9.17) is 11.6 Å². The summed E-state index contributed by atoms with van der Waals surface area (Å²) in [4.78, 5) is 36.2. The molecule has 8 nitrogen and oxygen atoms in total. The third-order valence-electron chi connectivity index (χ3n) is 7.53. The van der Waals surface area contributed by atoms with E-state index in [2.05, 4.69) is 15.7 Å². The molecule has 0 spiro atoms. The van der Waals surface area contributed by atoms with Crippen LogP contribution in [0.1, 0.15) is 51.9 Å². The number of benzene rings is 1. The number of nitrogens with zero attached hydrogens (tertiary/aromatic N) is 2. The molecule has 2 aromatic rings. The molecule has 4 bridgehead atoms. The number of carbonyl (C=O) groups is 2. The van der Waals surface area contributed by atoms with E-state index in [9.17, 15) is 19.5 Å². The third kappa shape index (κ3) is 4.01. The highest BCUT2D eigenvalue weighted by Gasteiger charge is 2.59. The molecule has 4 fully saturated rings. The van der Waals surface area contributed by atoms with E-state index < -0.39 is 11.5 Å². The summed E-state index contributed by atoms with van der Waals surface area (Å²) in [6, 6.07) is 7.07. The second-order valence-electron chi connectivity index (χ2n) is 10.2. The minimum absolute atomic E-state index is 0.0685. The van der Waals surface area contributed by atoms with Gasteiger partial charge < -0.3 is 15.7 Å². The van der Waals surface area contributed by atoms with Gasteiger partial charge >= 0.3 is 5.97 Å². The summed E-state index contributed by atoms with van der Waals surface area (Å²) in [7, 11) is 0. The van der Waals surface area contributed by atoms with Crippen LogP contribution in [-0.2, 0) is 15.1 Å². The molecule has 0 saturated heterocycles. The molecule has 33 heavy (non-hydrogen) atoms.